The van der Waals surface area contributed by atoms with Crippen molar-refractivity contribution in [3.05, 3.63) is 89.0 Å². The zero-order chi connectivity index (χ0) is 25.1. The number of nitrogens with zero attached hydrogens (tertiary/aromatic N) is 1. The highest BCUT2D eigenvalue weighted by Crippen LogP contribution is 2.28. The summed E-state index contributed by atoms with van der Waals surface area (Å²) in [5, 5.41) is 2.70. The number of benzene rings is 3. The fourth-order valence-corrected chi connectivity index (χ4v) is 5.59. The van der Waals surface area contributed by atoms with Gasteiger partial charge >= 0.3 is 0 Å². The minimum atomic E-state index is -4.02. The number of aryl methyl sites for hydroxylation is 2. The highest BCUT2D eigenvalue weighted by molar-refractivity contribution is 7.93. The number of carbonyl (C=O) groups excluding carboxylic acids is 1. The van der Waals surface area contributed by atoms with Crippen molar-refractivity contribution in [2.24, 2.45) is 0 Å². The third-order valence-electron chi connectivity index (χ3n) is 5.56. The van der Waals surface area contributed by atoms with Crippen molar-refractivity contribution in [3.63, 3.8) is 0 Å². The van der Waals surface area contributed by atoms with E-state index < -0.39 is 32.3 Å². The number of hydrogen-bond donors (Lipinski definition) is 1. The van der Waals surface area contributed by atoms with E-state index in [1.807, 2.05) is 26.8 Å². The first-order chi connectivity index (χ1) is 15.9. The Kier molecular flexibility index (Phi) is 7.48. The van der Waals surface area contributed by atoms with Gasteiger partial charge in [-0.15, -0.1) is 0 Å². The Morgan fingerprint density at radius 2 is 1.50 bits per heavy atom. The van der Waals surface area contributed by atoms with Crippen LogP contribution in [0.3, 0.4) is 0 Å². The number of sulfone groups is 1. The van der Waals surface area contributed by atoms with Crippen LogP contribution in [0, 0.1) is 20.8 Å². The molecule has 1 N–H and O–H groups in total. The zero-order valence-corrected chi connectivity index (χ0v) is 21.2. The first-order valence-corrected chi connectivity index (χ1v) is 13.9. The van der Waals surface area contributed by atoms with Crippen LogP contribution < -0.4 is 9.62 Å². The molecule has 9 heteroatoms. The molecule has 0 aliphatic rings. The molecule has 0 aromatic heterocycles. The van der Waals surface area contributed by atoms with Crippen molar-refractivity contribution in [1.29, 1.82) is 0 Å². The maximum absolute atomic E-state index is 13.6. The largest absolute Gasteiger partial charge is 0.350 e. The second-order valence-corrected chi connectivity index (χ2v) is 12.1. The lowest BCUT2D eigenvalue weighted by Crippen LogP contribution is -2.41. The Morgan fingerprint density at radius 3 is 2.15 bits per heavy atom. The number of amides is 1. The SMILES string of the molecule is Cc1ccc(S(=O)(=O)N(CC(=O)NCc2cccc(S(C)(=O)=O)c2)c2cccc(C)c2C)cc1. The van der Waals surface area contributed by atoms with Crippen molar-refractivity contribution < 1.29 is 21.6 Å². The van der Waals surface area contributed by atoms with E-state index in [-0.39, 0.29) is 16.3 Å². The van der Waals surface area contributed by atoms with Gasteiger partial charge in [-0.3, -0.25) is 9.10 Å². The normalized spacial score (nSPS) is 11.8. The van der Waals surface area contributed by atoms with Crippen LogP contribution in [0.25, 0.3) is 0 Å². The molecule has 0 heterocycles. The van der Waals surface area contributed by atoms with Gasteiger partial charge < -0.3 is 5.32 Å². The molecule has 0 unspecified atom stereocenters. The van der Waals surface area contributed by atoms with Gasteiger partial charge in [0.05, 0.1) is 15.5 Å². The first-order valence-electron chi connectivity index (χ1n) is 10.6. The lowest BCUT2D eigenvalue weighted by molar-refractivity contribution is -0.119. The van der Waals surface area contributed by atoms with Crippen molar-refractivity contribution in [2.45, 2.75) is 37.1 Å². The molecule has 0 saturated carbocycles. The van der Waals surface area contributed by atoms with Crippen LogP contribution in [-0.4, -0.2) is 35.5 Å². The standard InChI is InChI=1S/C25H28N2O5S2/c1-18-11-13-22(14-12-18)34(31,32)27(24-10-5-7-19(2)20(24)3)17-25(28)26-16-21-8-6-9-23(15-21)33(4,29)30/h5-15H,16-17H2,1-4H3,(H,26,28). The van der Waals surface area contributed by atoms with Crippen LogP contribution in [0.2, 0.25) is 0 Å². The van der Waals surface area contributed by atoms with E-state index in [0.29, 0.717) is 11.3 Å². The molecule has 3 aromatic carbocycles. The van der Waals surface area contributed by atoms with Gasteiger partial charge in [-0.1, -0.05) is 42.0 Å². The van der Waals surface area contributed by atoms with Gasteiger partial charge in [0, 0.05) is 12.8 Å². The van der Waals surface area contributed by atoms with Crippen LogP contribution in [0.4, 0.5) is 5.69 Å². The number of rotatable bonds is 8. The summed E-state index contributed by atoms with van der Waals surface area (Å²) in [6, 6.07) is 18.0. The summed E-state index contributed by atoms with van der Waals surface area (Å²) in [7, 11) is -7.40. The Morgan fingerprint density at radius 1 is 0.853 bits per heavy atom. The third kappa shape index (κ3) is 5.84. The first kappa shape index (κ1) is 25.5. The lowest BCUT2D eigenvalue weighted by Gasteiger charge is -2.26. The Balaban J connectivity index is 1.89. The van der Waals surface area contributed by atoms with Gasteiger partial charge in [0.1, 0.15) is 6.54 Å². The average Bonchev–Trinajstić information content (AvgIpc) is 2.78. The van der Waals surface area contributed by atoms with Crippen LogP contribution in [0.1, 0.15) is 22.3 Å². The molecular formula is C25H28N2O5S2. The Hall–Kier alpha value is -3.17. The Bertz CT molecular complexity index is 1410. The highest BCUT2D eigenvalue weighted by Gasteiger charge is 2.28. The van der Waals surface area contributed by atoms with E-state index >= 15 is 0 Å². The molecule has 0 radical (unpaired) electrons. The summed E-state index contributed by atoms with van der Waals surface area (Å²) in [6.07, 6.45) is 1.11. The van der Waals surface area contributed by atoms with Crippen LogP contribution >= 0.6 is 0 Å². The Labute approximate surface area is 201 Å². The maximum atomic E-state index is 13.6. The summed E-state index contributed by atoms with van der Waals surface area (Å²) in [4.78, 5) is 13.1. The van der Waals surface area contributed by atoms with Crippen LogP contribution in [-0.2, 0) is 31.2 Å². The van der Waals surface area contributed by atoms with E-state index in [9.17, 15) is 21.6 Å². The van der Waals surface area contributed by atoms with Gasteiger partial charge in [-0.25, -0.2) is 16.8 Å². The van der Waals surface area contributed by atoms with Crippen LogP contribution in [0.15, 0.2) is 76.5 Å². The van der Waals surface area contributed by atoms with E-state index in [4.69, 9.17) is 0 Å². The molecule has 34 heavy (non-hydrogen) atoms. The topological polar surface area (TPSA) is 101 Å². The second-order valence-electron chi connectivity index (χ2n) is 8.24. The summed E-state index contributed by atoms with van der Waals surface area (Å²) in [5.74, 6) is -0.513. The number of sulfonamides is 1. The molecule has 0 spiro atoms. The van der Waals surface area contributed by atoms with E-state index in [0.717, 1.165) is 27.3 Å². The molecule has 0 bridgehead atoms. The smallest absolute Gasteiger partial charge is 0.264 e. The van der Waals surface area contributed by atoms with Gasteiger partial charge in [0.2, 0.25) is 5.91 Å². The van der Waals surface area contributed by atoms with Gasteiger partial charge in [-0.05, 0) is 67.8 Å². The van der Waals surface area contributed by atoms with Crippen molar-refractivity contribution >= 4 is 31.5 Å². The lowest BCUT2D eigenvalue weighted by atomic mass is 10.1. The van der Waals surface area contributed by atoms with Crippen LogP contribution in [0.5, 0.6) is 0 Å². The molecule has 3 rings (SSSR count). The van der Waals surface area contributed by atoms with Crippen molar-refractivity contribution in [2.75, 3.05) is 17.1 Å². The number of nitrogens with one attached hydrogen (secondary N) is 1. The third-order valence-corrected chi connectivity index (χ3v) is 8.44. The molecular weight excluding hydrogens is 472 g/mol. The fourth-order valence-electron chi connectivity index (χ4n) is 3.42. The summed E-state index contributed by atoms with van der Waals surface area (Å²) < 4.78 is 51.8. The molecule has 1 amide bonds. The minimum Gasteiger partial charge on any atom is -0.350 e. The predicted molar refractivity (Wildman–Crippen MR) is 133 cm³/mol. The molecule has 0 aliphatic heterocycles. The van der Waals surface area contributed by atoms with E-state index in [1.54, 1.807) is 36.4 Å². The van der Waals surface area contributed by atoms with E-state index in [1.165, 1.54) is 24.3 Å². The van der Waals surface area contributed by atoms with Gasteiger partial charge in [-0.2, -0.15) is 0 Å². The van der Waals surface area contributed by atoms with Crippen molar-refractivity contribution in [1.82, 2.24) is 5.32 Å². The predicted octanol–water partition coefficient (Wildman–Crippen LogP) is 3.53. The molecule has 3 aromatic rings. The molecule has 0 aliphatic carbocycles. The molecule has 0 fully saturated rings. The summed E-state index contributed by atoms with van der Waals surface area (Å²) >= 11 is 0. The summed E-state index contributed by atoms with van der Waals surface area (Å²) in [6.45, 7) is 5.20. The number of carbonyl (C=O) groups is 1. The van der Waals surface area contributed by atoms with Gasteiger partial charge in [0.25, 0.3) is 10.0 Å². The zero-order valence-electron chi connectivity index (χ0n) is 19.6. The van der Waals surface area contributed by atoms with Crippen molar-refractivity contribution in [3.8, 4) is 0 Å². The fraction of sp³-hybridized carbons (Fsp3) is 0.240. The molecule has 0 atom stereocenters. The highest BCUT2D eigenvalue weighted by atomic mass is 32.2. The quantitative estimate of drug-likeness (QED) is 0.510. The monoisotopic (exact) mass is 500 g/mol. The summed E-state index contributed by atoms with van der Waals surface area (Å²) in [5.41, 5.74) is 3.60. The van der Waals surface area contributed by atoms with Gasteiger partial charge in [0.15, 0.2) is 9.84 Å². The minimum absolute atomic E-state index is 0.0629. The maximum Gasteiger partial charge on any atom is 0.264 e. The molecule has 0 saturated heterocycles. The number of anilines is 1. The number of hydrogen-bond acceptors (Lipinski definition) is 5. The second kappa shape index (κ2) is 9.99. The van der Waals surface area contributed by atoms with E-state index in [2.05, 4.69) is 5.32 Å². The molecule has 180 valence electrons. The molecule has 7 nitrogen and oxygen atoms in total. The average molecular weight is 501 g/mol.